The van der Waals surface area contributed by atoms with Crippen molar-refractivity contribution in [3.8, 4) is 0 Å². The summed E-state index contributed by atoms with van der Waals surface area (Å²) in [5, 5.41) is 3.07. The largest absolute Gasteiger partial charge is 0.177 e. The molecule has 1 unspecified atom stereocenters. The molecule has 0 amide bonds. The van der Waals surface area contributed by atoms with Gasteiger partial charge in [0.2, 0.25) is 0 Å². The lowest BCUT2D eigenvalue weighted by molar-refractivity contribution is 0.324. The fourth-order valence-corrected chi connectivity index (χ4v) is 2.17. The van der Waals surface area contributed by atoms with Crippen LogP contribution in [0, 0.1) is 10.8 Å². The van der Waals surface area contributed by atoms with Crippen LogP contribution in [-0.2, 0) is 0 Å². The van der Waals surface area contributed by atoms with Crippen molar-refractivity contribution in [2.24, 2.45) is 11.1 Å². The van der Waals surface area contributed by atoms with Crippen molar-refractivity contribution in [1.29, 1.82) is 0 Å². The first-order valence-corrected chi connectivity index (χ1v) is 5.43. The number of nitrogens with zero attached hydrogens (tertiary/aromatic N) is 1. The lowest BCUT2D eigenvalue weighted by Crippen LogP contribution is -2.15. The lowest BCUT2D eigenvalue weighted by atomic mass is 9.85. The van der Waals surface area contributed by atoms with Crippen molar-refractivity contribution in [2.45, 2.75) is 44.6 Å². The average molecular weight is 187 g/mol. The highest BCUT2D eigenvalue weighted by Gasteiger charge is 2.18. The minimum absolute atomic E-state index is 0.0450. The maximum Gasteiger partial charge on any atom is 0.101 e. The molecule has 1 fully saturated rings. The standard InChI is InChI=1S/C9H17NOS/c11-10-9(7-12)6-8-4-2-1-3-5-8/h8-9,12H,1-7H2. The van der Waals surface area contributed by atoms with E-state index in [1.54, 1.807) is 0 Å². The Labute approximate surface area is 79.5 Å². The highest BCUT2D eigenvalue weighted by molar-refractivity contribution is 7.80. The second-order valence-electron chi connectivity index (χ2n) is 3.68. The van der Waals surface area contributed by atoms with Gasteiger partial charge in [-0.3, -0.25) is 0 Å². The van der Waals surface area contributed by atoms with Crippen LogP contribution in [0.25, 0.3) is 0 Å². The molecule has 1 rings (SSSR count). The van der Waals surface area contributed by atoms with Crippen LogP contribution >= 0.6 is 12.6 Å². The van der Waals surface area contributed by atoms with Gasteiger partial charge in [0, 0.05) is 5.75 Å². The van der Waals surface area contributed by atoms with Crippen molar-refractivity contribution in [1.82, 2.24) is 0 Å². The number of hydrogen-bond acceptors (Lipinski definition) is 3. The maximum atomic E-state index is 10.3. The molecule has 2 nitrogen and oxygen atoms in total. The van der Waals surface area contributed by atoms with Gasteiger partial charge < -0.3 is 0 Å². The van der Waals surface area contributed by atoms with Gasteiger partial charge in [0.15, 0.2) is 0 Å². The normalized spacial score (nSPS) is 22.1. The molecule has 0 aromatic heterocycles. The van der Waals surface area contributed by atoms with Crippen molar-refractivity contribution < 1.29 is 0 Å². The van der Waals surface area contributed by atoms with E-state index in [9.17, 15) is 4.91 Å². The van der Waals surface area contributed by atoms with Gasteiger partial charge in [-0.25, -0.2) is 0 Å². The van der Waals surface area contributed by atoms with Gasteiger partial charge in [-0.15, -0.1) is 0 Å². The zero-order valence-corrected chi connectivity index (χ0v) is 8.30. The smallest absolute Gasteiger partial charge is 0.101 e. The van der Waals surface area contributed by atoms with Crippen LogP contribution in [-0.4, -0.2) is 11.8 Å². The van der Waals surface area contributed by atoms with E-state index in [0.717, 1.165) is 12.3 Å². The Kier molecular flexibility index (Phi) is 4.66. The van der Waals surface area contributed by atoms with E-state index in [2.05, 4.69) is 17.8 Å². The zero-order chi connectivity index (χ0) is 8.81. The molecule has 0 aromatic carbocycles. The summed E-state index contributed by atoms with van der Waals surface area (Å²) in [6, 6.07) is -0.0450. The summed E-state index contributed by atoms with van der Waals surface area (Å²) >= 11 is 4.10. The molecule has 0 aliphatic heterocycles. The number of rotatable bonds is 4. The molecule has 0 saturated heterocycles. The van der Waals surface area contributed by atoms with Crippen LogP contribution in [0.4, 0.5) is 0 Å². The average Bonchev–Trinajstić information content (AvgIpc) is 2.16. The van der Waals surface area contributed by atoms with E-state index in [1.165, 1.54) is 32.1 Å². The van der Waals surface area contributed by atoms with E-state index in [1.807, 2.05) is 0 Å². The predicted molar refractivity (Wildman–Crippen MR) is 54.6 cm³/mol. The molecule has 0 spiro atoms. The number of thiol groups is 1. The van der Waals surface area contributed by atoms with Gasteiger partial charge in [0.25, 0.3) is 0 Å². The monoisotopic (exact) mass is 187 g/mol. The summed E-state index contributed by atoms with van der Waals surface area (Å²) in [5.74, 6) is 1.36. The maximum absolute atomic E-state index is 10.3. The van der Waals surface area contributed by atoms with Crippen LogP contribution in [0.3, 0.4) is 0 Å². The van der Waals surface area contributed by atoms with Crippen LogP contribution in [0.1, 0.15) is 38.5 Å². The summed E-state index contributed by atoms with van der Waals surface area (Å²) < 4.78 is 0. The third-order valence-corrected chi connectivity index (χ3v) is 3.11. The molecule has 12 heavy (non-hydrogen) atoms. The van der Waals surface area contributed by atoms with E-state index in [0.29, 0.717) is 5.75 Å². The first-order valence-electron chi connectivity index (χ1n) is 4.80. The summed E-state index contributed by atoms with van der Waals surface area (Å²) in [4.78, 5) is 10.3. The van der Waals surface area contributed by atoms with Gasteiger partial charge >= 0.3 is 0 Å². The zero-order valence-electron chi connectivity index (χ0n) is 7.41. The van der Waals surface area contributed by atoms with E-state index >= 15 is 0 Å². The Balaban J connectivity index is 2.22. The molecule has 0 bridgehead atoms. The number of nitroso groups, excluding NO2 is 1. The second kappa shape index (κ2) is 5.57. The Morgan fingerprint density at radius 2 is 2.00 bits per heavy atom. The Hall–Kier alpha value is -0.0500. The van der Waals surface area contributed by atoms with E-state index < -0.39 is 0 Å². The molecular formula is C9H17NOS. The van der Waals surface area contributed by atoms with Crippen LogP contribution in [0.5, 0.6) is 0 Å². The minimum atomic E-state index is -0.0450. The van der Waals surface area contributed by atoms with Crippen LogP contribution in [0.2, 0.25) is 0 Å². The molecule has 1 aliphatic carbocycles. The molecule has 1 atom stereocenters. The van der Waals surface area contributed by atoms with Crippen LogP contribution < -0.4 is 0 Å². The van der Waals surface area contributed by atoms with Gasteiger partial charge in [-0.1, -0.05) is 37.3 Å². The SMILES string of the molecule is O=NC(CS)CC1CCCCC1. The van der Waals surface area contributed by atoms with Crippen molar-refractivity contribution in [3.63, 3.8) is 0 Å². The highest BCUT2D eigenvalue weighted by atomic mass is 32.1. The first-order chi connectivity index (χ1) is 5.86. The Morgan fingerprint density at radius 1 is 1.33 bits per heavy atom. The van der Waals surface area contributed by atoms with E-state index in [4.69, 9.17) is 0 Å². The molecular weight excluding hydrogens is 170 g/mol. The first kappa shape index (κ1) is 10.0. The van der Waals surface area contributed by atoms with Gasteiger partial charge in [-0.05, 0) is 12.3 Å². The lowest BCUT2D eigenvalue weighted by Gasteiger charge is -2.22. The summed E-state index contributed by atoms with van der Waals surface area (Å²) in [5.41, 5.74) is 0. The van der Waals surface area contributed by atoms with Crippen molar-refractivity contribution in [2.75, 3.05) is 5.75 Å². The summed E-state index contributed by atoms with van der Waals surface area (Å²) in [6.07, 6.45) is 7.59. The fourth-order valence-electron chi connectivity index (χ4n) is 1.96. The molecule has 70 valence electrons. The van der Waals surface area contributed by atoms with Crippen molar-refractivity contribution >= 4 is 12.6 Å². The molecule has 1 saturated carbocycles. The van der Waals surface area contributed by atoms with Gasteiger partial charge in [0.05, 0.1) is 0 Å². The summed E-state index contributed by atoms with van der Waals surface area (Å²) in [6.45, 7) is 0. The second-order valence-corrected chi connectivity index (χ2v) is 4.05. The minimum Gasteiger partial charge on any atom is -0.177 e. The Bertz CT molecular complexity index is 134. The fraction of sp³-hybridized carbons (Fsp3) is 1.00. The highest BCUT2D eigenvalue weighted by Crippen LogP contribution is 2.28. The molecule has 0 N–H and O–H groups in total. The van der Waals surface area contributed by atoms with Crippen molar-refractivity contribution in [3.05, 3.63) is 4.91 Å². The third kappa shape index (κ3) is 3.13. The third-order valence-electron chi connectivity index (χ3n) is 2.69. The predicted octanol–water partition coefficient (Wildman–Crippen LogP) is 3.02. The van der Waals surface area contributed by atoms with Gasteiger partial charge in [-0.2, -0.15) is 17.5 Å². The van der Waals surface area contributed by atoms with Gasteiger partial charge in [0.1, 0.15) is 6.04 Å². The summed E-state index contributed by atoms with van der Waals surface area (Å²) in [7, 11) is 0. The number of hydrogen-bond donors (Lipinski definition) is 1. The molecule has 0 heterocycles. The van der Waals surface area contributed by atoms with E-state index in [-0.39, 0.29) is 6.04 Å². The molecule has 3 heteroatoms. The quantitative estimate of drug-likeness (QED) is 0.532. The Morgan fingerprint density at radius 3 is 2.50 bits per heavy atom. The molecule has 0 radical (unpaired) electrons. The molecule has 0 aromatic rings. The molecule has 1 aliphatic rings. The van der Waals surface area contributed by atoms with Crippen LogP contribution in [0.15, 0.2) is 5.18 Å². The topological polar surface area (TPSA) is 29.4 Å².